The Bertz CT molecular complexity index is 88.5. The van der Waals surface area contributed by atoms with Crippen LogP contribution >= 0.6 is 12.2 Å². The molecule has 0 aromatic rings. The summed E-state index contributed by atoms with van der Waals surface area (Å²) in [6, 6.07) is 0. The average molecular weight is 130 g/mol. The highest BCUT2D eigenvalue weighted by molar-refractivity contribution is 7.80. The van der Waals surface area contributed by atoms with Crippen LogP contribution in [0.15, 0.2) is 12.7 Å². The topological polar surface area (TPSA) is 9.23 Å². The molecular weight excluding hydrogens is 120 g/mol. The minimum absolute atomic E-state index is 0.604. The Balaban J connectivity index is 2.93. The predicted molar refractivity (Wildman–Crippen MR) is 39.0 cm³/mol. The van der Waals surface area contributed by atoms with E-state index in [1.807, 2.05) is 0 Å². The third-order valence-electron chi connectivity index (χ3n) is 0.627. The molecule has 2 heteroatoms. The van der Waals surface area contributed by atoms with Crippen LogP contribution in [0, 0.1) is 0 Å². The van der Waals surface area contributed by atoms with Gasteiger partial charge in [-0.15, -0.1) is 6.58 Å². The van der Waals surface area contributed by atoms with E-state index in [-0.39, 0.29) is 0 Å². The highest BCUT2D eigenvalue weighted by atomic mass is 32.1. The fourth-order valence-corrected chi connectivity index (χ4v) is 0.369. The van der Waals surface area contributed by atoms with Crippen molar-refractivity contribution in [2.45, 2.75) is 13.3 Å². The van der Waals surface area contributed by atoms with E-state index in [4.69, 9.17) is 4.74 Å². The first-order valence-corrected chi connectivity index (χ1v) is 2.92. The van der Waals surface area contributed by atoms with Gasteiger partial charge in [0.15, 0.2) is 5.05 Å². The van der Waals surface area contributed by atoms with Gasteiger partial charge in [-0.25, -0.2) is 0 Å². The molecule has 0 aromatic carbocycles. The highest BCUT2D eigenvalue weighted by Crippen LogP contribution is 1.84. The fraction of sp³-hybridized carbons (Fsp3) is 0.500. The summed E-state index contributed by atoms with van der Waals surface area (Å²) < 4.78 is 4.94. The van der Waals surface area contributed by atoms with Gasteiger partial charge in [0.2, 0.25) is 0 Å². The highest BCUT2D eigenvalue weighted by Gasteiger charge is 1.82. The van der Waals surface area contributed by atoms with Gasteiger partial charge in [-0.3, -0.25) is 0 Å². The third kappa shape index (κ3) is 5.63. The van der Waals surface area contributed by atoms with E-state index >= 15 is 0 Å². The molecule has 0 rings (SSSR count). The van der Waals surface area contributed by atoms with E-state index in [2.05, 4.69) is 18.8 Å². The van der Waals surface area contributed by atoms with Crippen molar-refractivity contribution < 1.29 is 4.74 Å². The fourth-order valence-electron chi connectivity index (χ4n) is 0.286. The van der Waals surface area contributed by atoms with Gasteiger partial charge < -0.3 is 4.74 Å². The van der Waals surface area contributed by atoms with Crippen molar-refractivity contribution in [3.05, 3.63) is 12.7 Å². The molecule has 0 bridgehead atoms. The molecule has 0 radical (unpaired) electrons. The Morgan fingerprint density at radius 1 is 1.88 bits per heavy atom. The lowest BCUT2D eigenvalue weighted by atomic mass is 10.5. The van der Waals surface area contributed by atoms with Gasteiger partial charge in [-0.1, -0.05) is 6.08 Å². The van der Waals surface area contributed by atoms with Crippen LogP contribution in [-0.2, 0) is 4.74 Å². The molecule has 0 saturated heterocycles. The second kappa shape index (κ2) is 4.78. The van der Waals surface area contributed by atoms with Crippen molar-refractivity contribution in [1.82, 2.24) is 0 Å². The molecule has 46 valence electrons. The first-order valence-electron chi connectivity index (χ1n) is 2.51. The summed E-state index contributed by atoms with van der Waals surface area (Å²) >= 11 is 4.65. The van der Waals surface area contributed by atoms with Crippen molar-refractivity contribution in [2.75, 3.05) is 6.61 Å². The maximum absolute atomic E-state index is 4.94. The van der Waals surface area contributed by atoms with Gasteiger partial charge in [0, 0.05) is 6.92 Å². The summed E-state index contributed by atoms with van der Waals surface area (Å²) in [7, 11) is 0. The van der Waals surface area contributed by atoms with E-state index in [0.717, 1.165) is 6.42 Å². The Morgan fingerprint density at radius 2 is 2.50 bits per heavy atom. The number of ether oxygens (including phenoxy) is 1. The average Bonchev–Trinajstić information content (AvgIpc) is 1.66. The second-order valence-electron chi connectivity index (χ2n) is 1.42. The smallest absolute Gasteiger partial charge is 0.156 e. The van der Waals surface area contributed by atoms with Crippen molar-refractivity contribution in [3.63, 3.8) is 0 Å². The van der Waals surface area contributed by atoms with E-state index in [9.17, 15) is 0 Å². The van der Waals surface area contributed by atoms with Crippen LogP contribution in [0.2, 0.25) is 0 Å². The van der Waals surface area contributed by atoms with Crippen LogP contribution in [0.3, 0.4) is 0 Å². The Labute approximate surface area is 55.3 Å². The zero-order chi connectivity index (χ0) is 6.41. The van der Waals surface area contributed by atoms with Gasteiger partial charge in [0.1, 0.15) is 0 Å². The van der Waals surface area contributed by atoms with Crippen LogP contribution in [0.25, 0.3) is 0 Å². The SMILES string of the molecule is C=CCCOC(C)=S. The van der Waals surface area contributed by atoms with Crippen LogP contribution < -0.4 is 0 Å². The molecule has 0 aliphatic carbocycles. The Hall–Kier alpha value is -0.370. The second-order valence-corrected chi connectivity index (χ2v) is 1.99. The predicted octanol–water partition coefficient (Wildman–Crippen LogP) is 1.93. The number of thiocarbonyl (C=S) groups is 1. The third-order valence-corrected chi connectivity index (χ3v) is 0.745. The summed E-state index contributed by atoms with van der Waals surface area (Å²) in [4.78, 5) is 0. The zero-order valence-electron chi connectivity index (χ0n) is 5.02. The molecule has 0 atom stereocenters. The summed E-state index contributed by atoms with van der Waals surface area (Å²) in [6.45, 7) is 5.96. The summed E-state index contributed by atoms with van der Waals surface area (Å²) in [5.41, 5.74) is 0. The lowest BCUT2D eigenvalue weighted by Gasteiger charge is -1.97. The lowest BCUT2D eigenvalue weighted by Crippen LogP contribution is -1.96. The lowest BCUT2D eigenvalue weighted by molar-refractivity contribution is 0.318. The van der Waals surface area contributed by atoms with Gasteiger partial charge in [-0.2, -0.15) is 0 Å². The largest absolute Gasteiger partial charge is 0.487 e. The van der Waals surface area contributed by atoms with E-state index in [1.54, 1.807) is 13.0 Å². The standard InChI is InChI=1S/C6H10OS/c1-3-4-5-7-6(2)8/h3H,1,4-5H2,2H3. The van der Waals surface area contributed by atoms with Gasteiger partial charge in [0.25, 0.3) is 0 Å². The molecule has 0 aliphatic heterocycles. The van der Waals surface area contributed by atoms with E-state index < -0.39 is 0 Å². The van der Waals surface area contributed by atoms with Crippen LogP contribution in [0.5, 0.6) is 0 Å². The molecule has 0 N–H and O–H groups in total. The van der Waals surface area contributed by atoms with Crippen molar-refractivity contribution >= 4 is 17.3 Å². The molecule has 0 aliphatic rings. The normalized spacial score (nSPS) is 8.12. The maximum atomic E-state index is 4.94. The van der Waals surface area contributed by atoms with E-state index in [1.165, 1.54) is 0 Å². The molecule has 0 fully saturated rings. The number of hydrogen-bond acceptors (Lipinski definition) is 2. The summed E-state index contributed by atoms with van der Waals surface area (Å²) in [5, 5.41) is 0.604. The molecule has 0 aromatic heterocycles. The molecule has 0 heterocycles. The van der Waals surface area contributed by atoms with E-state index in [0.29, 0.717) is 11.7 Å². The Kier molecular flexibility index (Phi) is 4.56. The maximum Gasteiger partial charge on any atom is 0.156 e. The van der Waals surface area contributed by atoms with Crippen molar-refractivity contribution in [1.29, 1.82) is 0 Å². The van der Waals surface area contributed by atoms with Crippen molar-refractivity contribution in [2.24, 2.45) is 0 Å². The minimum atomic E-state index is 0.604. The first-order chi connectivity index (χ1) is 3.77. The van der Waals surface area contributed by atoms with Gasteiger partial charge >= 0.3 is 0 Å². The molecule has 0 saturated carbocycles. The quantitative estimate of drug-likeness (QED) is 0.328. The first kappa shape index (κ1) is 7.63. The summed E-state index contributed by atoms with van der Waals surface area (Å²) in [5.74, 6) is 0. The van der Waals surface area contributed by atoms with Crippen molar-refractivity contribution in [3.8, 4) is 0 Å². The molecule has 8 heavy (non-hydrogen) atoms. The number of rotatable bonds is 3. The van der Waals surface area contributed by atoms with Crippen LogP contribution in [0.1, 0.15) is 13.3 Å². The molecule has 0 unspecified atom stereocenters. The Morgan fingerprint density at radius 3 is 2.88 bits per heavy atom. The van der Waals surface area contributed by atoms with Crippen LogP contribution in [-0.4, -0.2) is 11.7 Å². The molecule has 0 spiro atoms. The molecular formula is C6H10OS. The zero-order valence-corrected chi connectivity index (χ0v) is 5.83. The van der Waals surface area contributed by atoms with Gasteiger partial charge in [0.05, 0.1) is 6.61 Å². The monoisotopic (exact) mass is 130 g/mol. The van der Waals surface area contributed by atoms with Gasteiger partial charge in [-0.05, 0) is 18.6 Å². The van der Waals surface area contributed by atoms with Crippen LogP contribution in [0.4, 0.5) is 0 Å². The molecule has 0 amide bonds. The minimum Gasteiger partial charge on any atom is -0.487 e. The summed E-state index contributed by atoms with van der Waals surface area (Å²) in [6.07, 6.45) is 2.67. The number of hydrogen-bond donors (Lipinski definition) is 0. The molecule has 1 nitrogen and oxygen atoms in total.